The Morgan fingerprint density at radius 1 is 1.43 bits per heavy atom. The minimum absolute atomic E-state index is 0.0501. The van der Waals surface area contributed by atoms with Crippen LogP contribution in [-0.4, -0.2) is 0 Å². The van der Waals surface area contributed by atoms with E-state index >= 15 is 0 Å². The molecule has 0 bridgehead atoms. The van der Waals surface area contributed by atoms with E-state index in [2.05, 4.69) is 6.92 Å². The van der Waals surface area contributed by atoms with Gasteiger partial charge in [0.1, 0.15) is 6.17 Å². The lowest BCUT2D eigenvalue weighted by molar-refractivity contribution is 0.434. The first-order valence-electron chi connectivity index (χ1n) is 4.97. The van der Waals surface area contributed by atoms with Gasteiger partial charge in [-0.1, -0.05) is 43.5 Å². The average molecular weight is 214 g/mol. The largest absolute Gasteiger partial charge is 0.240 e. The van der Waals surface area contributed by atoms with Crippen LogP contribution in [0.25, 0.3) is 0 Å². The molecule has 0 unspecified atom stereocenters. The van der Waals surface area contributed by atoms with Crippen LogP contribution in [0.4, 0.5) is 4.39 Å². The van der Waals surface area contributed by atoms with E-state index in [4.69, 9.17) is 11.6 Å². The minimum Gasteiger partial charge on any atom is -0.240 e. The number of unbranched alkanes of at least 4 members (excludes halogenated alkanes) is 1. The average Bonchev–Trinajstić information content (AvgIpc) is 2.15. The van der Waals surface area contributed by atoms with Crippen LogP contribution in [0.2, 0.25) is 5.02 Å². The van der Waals surface area contributed by atoms with Crippen molar-refractivity contribution in [2.24, 2.45) is 0 Å². The first-order valence-corrected chi connectivity index (χ1v) is 5.35. The van der Waals surface area contributed by atoms with Crippen molar-refractivity contribution in [3.05, 3.63) is 41.0 Å². The standard InChI is InChI=1S/C12H15ClF/c1-2-3-7-12(14)9-10-5-4-6-11(13)8-10/h4-6,8H,2-3,7,9H2,1H3. The van der Waals surface area contributed by atoms with E-state index < -0.39 is 0 Å². The van der Waals surface area contributed by atoms with E-state index in [9.17, 15) is 4.39 Å². The maximum Gasteiger partial charge on any atom is 0.149 e. The predicted octanol–water partition coefficient (Wildman–Crippen LogP) is 4.57. The van der Waals surface area contributed by atoms with E-state index in [1.165, 1.54) is 0 Å². The van der Waals surface area contributed by atoms with Gasteiger partial charge >= 0.3 is 0 Å². The first-order chi connectivity index (χ1) is 6.72. The highest BCUT2D eigenvalue weighted by molar-refractivity contribution is 6.30. The van der Waals surface area contributed by atoms with Gasteiger partial charge in [0, 0.05) is 11.4 Å². The summed E-state index contributed by atoms with van der Waals surface area (Å²) in [6, 6.07) is 7.37. The van der Waals surface area contributed by atoms with Crippen molar-refractivity contribution in [2.75, 3.05) is 0 Å². The lowest BCUT2D eigenvalue weighted by Gasteiger charge is -2.06. The van der Waals surface area contributed by atoms with Gasteiger partial charge in [-0.3, -0.25) is 0 Å². The van der Waals surface area contributed by atoms with E-state index in [0.717, 1.165) is 18.4 Å². The van der Waals surface area contributed by atoms with Crippen molar-refractivity contribution in [3.63, 3.8) is 0 Å². The maximum absolute atomic E-state index is 13.3. The highest BCUT2D eigenvalue weighted by Crippen LogP contribution is 2.20. The van der Waals surface area contributed by atoms with E-state index in [-0.39, 0.29) is 6.17 Å². The van der Waals surface area contributed by atoms with Crippen molar-refractivity contribution >= 4 is 11.6 Å². The van der Waals surface area contributed by atoms with Gasteiger partial charge in [0.25, 0.3) is 0 Å². The summed E-state index contributed by atoms with van der Waals surface area (Å²) in [5.74, 6) is 0. The van der Waals surface area contributed by atoms with Crippen LogP contribution >= 0.6 is 11.6 Å². The molecule has 0 N–H and O–H groups in total. The summed E-state index contributed by atoms with van der Waals surface area (Å²) in [5, 5.41) is 0.672. The third-order valence-corrected chi connectivity index (χ3v) is 2.32. The highest BCUT2D eigenvalue weighted by atomic mass is 35.5. The fraction of sp³-hybridized carbons (Fsp3) is 0.417. The third-order valence-electron chi connectivity index (χ3n) is 2.09. The molecule has 0 aliphatic heterocycles. The molecule has 0 heterocycles. The van der Waals surface area contributed by atoms with Gasteiger partial charge in [0.05, 0.1) is 0 Å². The maximum atomic E-state index is 13.3. The van der Waals surface area contributed by atoms with E-state index in [1.807, 2.05) is 18.2 Å². The van der Waals surface area contributed by atoms with Crippen LogP contribution in [-0.2, 0) is 6.42 Å². The summed E-state index contributed by atoms with van der Waals surface area (Å²) in [7, 11) is 0. The summed E-state index contributed by atoms with van der Waals surface area (Å²) >= 11 is 5.80. The van der Waals surface area contributed by atoms with Crippen LogP contribution in [0.5, 0.6) is 0 Å². The zero-order valence-electron chi connectivity index (χ0n) is 8.39. The lowest BCUT2D eigenvalue weighted by atomic mass is 10.0. The normalized spacial score (nSPS) is 10.9. The van der Waals surface area contributed by atoms with Crippen molar-refractivity contribution in [2.45, 2.75) is 32.6 Å². The Labute approximate surface area is 90.1 Å². The lowest BCUT2D eigenvalue weighted by Crippen LogP contribution is -1.95. The fourth-order valence-corrected chi connectivity index (χ4v) is 1.54. The monoisotopic (exact) mass is 213 g/mol. The van der Waals surface area contributed by atoms with Crippen LogP contribution < -0.4 is 0 Å². The first kappa shape index (κ1) is 11.5. The Morgan fingerprint density at radius 2 is 2.21 bits per heavy atom. The predicted molar refractivity (Wildman–Crippen MR) is 59.0 cm³/mol. The Bertz CT molecular complexity index is 273. The summed E-state index contributed by atoms with van der Waals surface area (Å²) in [4.78, 5) is 0. The summed E-state index contributed by atoms with van der Waals surface area (Å²) in [6.45, 7) is 2.06. The molecule has 0 nitrogen and oxygen atoms in total. The summed E-state index contributed by atoms with van der Waals surface area (Å²) in [5.41, 5.74) is 0.950. The fourth-order valence-electron chi connectivity index (χ4n) is 1.33. The van der Waals surface area contributed by atoms with Crippen molar-refractivity contribution in [1.82, 2.24) is 0 Å². The zero-order chi connectivity index (χ0) is 10.4. The Morgan fingerprint density at radius 3 is 2.86 bits per heavy atom. The molecular formula is C12H15ClF. The third kappa shape index (κ3) is 4.10. The molecule has 14 heavy (non-hydrogen) atoms. The number of hydrogen-bond acceptors (Lipinski definition) is 0. The minimum atomic E-state index is 0.0501. The summed E-state index contributed by atoms with van der Waals surface area (Å²) < 4.78 is 13.3. The van der Waals surface area contributed by atoms with Gasteiger partial charge in [0.15, 0.2) is 0 Å². The van der Waals surface area contributed by atoms with Crippen molar-refractivity contribution in [3.8, 4) is 0 Å². The molecule has 1 aromatic rings. The summed E-state index contributed by atoms with van der Waals surface area (Å²) in [6.07, 6.45) is 2.98. The molecule has 0 atom stereocenters. The van der Waals surface area contributed by atoms with Gasteiger partial charge < -0.3 is 0 Å². The number of rotatable bonds is 5. The SMILES string of the molecule is CCCC[C](F)Cc1cccc(Cl)c1. The second-order valence-corrected chi connectivity index (χ2v) is 3.86. The number of halogens is 2. The molecular weight excluding hydrogens is 199 g/mol. The molecule has 0 aliphatic rings. The quantitative estimate of drug-likeness (QED) is 0.672. The second kappa shape index (κ2) is 6.02. The Hall–Kier alpha value is -0.560. The Kier molecular flexibility index (Phi) is 4.95. The van der Waals surface area contributed by atoms with Crippen LogP contribution in [0.15, 0.2) is 24.3 Å². The van der Waals surface area contributed by atoms with Crippen LogP contribution in [0.3, 0.4) is 0 Å². The van der Waals surface area contributed by atoms with Gasteiger partial charge in [0.2, 0.25) is 0 Å². The van der Waals surface area contributed by atoms with Gasteiger partial charge in [-0.15, -0.1) is 0 Å². The van der Waals surface area contributed by atoms with Crippen molar-refractivity contribution in [1.29, 1.82) is 0 Å². The zero-order valence-corrected chi connectivity index (χ0v) is 9.15. The van der Waals surface area contributed by atoms with E-state index in [0.29, 0.717) is 17.9 Å². The Balaban J connectivity index is 2.43. The van der Waals surface area contributed by atoms with Gasteiger partial charge in [-0.25, -0.2) is 4.39 Å². The van der Waals surface area contributed by atoms with Crippen LogP contribution in [0, 0.1) is 6.17 Å². The molecule has 1 radical (unpaired) electrons. The molecule has 0 saturated carbocycles. The van der Waals surface area contributed by atoms with Gasteiger partial charge in [-0.2, -0.15) is 0 Å². The van der Waals surface area contributed by atoms with Gasteiger partial charge in [-0.05, 0) is 24.1 Å². The molecule has 0 aromatic heterocycles. The second-order valence-electron chi connectivity index (χ2n) is 3.43. The van der Waals surface area contributed by atoms with Crippen LogP contribution in [0.1, 0.15) is 31.7 Å². The molecule has 0 aliphatic carbocycles. The molecule has 1 rings (SSSR count). The van der Waals surface area contributed by atoms with E-state index in [1.54, 1.807) is 6.07 Å². The molecule has 0 fully saturated rings. The highest BCUT2D eigenvalue weighted by Gasteiger charge is 2.08. The number of hydrogen-bond donors (Lipinski definition) is 0. The molecule has 2 heteroatoms. The number of benzene rings is 1. The molecule has 77 valence electrons. The molecule has 0 spiro atoms. The molecule has 0 saturated heterocycles. The topological polar surface area (TPSA) is 0 Å². The molecule has 0 amide bonds. The smallest absolute Gasteiger partial charge is 0.149 e. The van der Waals surface area contributed by atoms with Crippen molar-refractivity contribution < 1.29 is 4.39 Å². The molecule has 1 aromatic carbocycles.